The Hall–Kier alpha value is -2.87. The molecule has 0 aliphatic rings. The number of carbonyl (C=O) groups excluding carboxylic acids is 2. The summed E-state index contributed by atoms with van der Waals surface area (Å²) in [6.45, 7) is 8.33. The zero-order valence-corrected chi connectivity index (χ0v) is 17.9. The van der Waals surface area contributed by atoms with E-state index in [1.165, 1.54) is 24.3 Å². The molecule has 1 N–H and O–H groups in total. The molecule has 1 amide bonds. The summed E-state index contributed by atoms with van der Waals surface area (Å²) in [6.07, 6.45) is 0. The smallest absolute Gasteiger partial charge is 0.342 e. The fourth-order valence-electron chi connectivity index (χ4n) is 2.51. The van der Waals surface area contributed by atoms with Crippen molar-refractivity contribution in [2.75, 3.05) is 6.61 Å². The zero-order chi connectivity index (χ0) is 21.8. The minimum absolute atomic E-state index is 0.0187. The van der Waals surface area contributed by atoms with Gasteiger partial charge in [0.05, 0.1) is 0 Å². The molecule has 0 unspecified atom stereocenters. The Balaban J connectivity index is 2.21. The molecule has 156 valence electrons. The highest BCUT2D eigenvalue weighted by Crippen LogP contribution is 2.26. The summed E-state index contributed by atoms with van der Waals surface area (Å²) in [5.41, 5.74) is 0.722. The summed E-state index contributed by atoms with van der Waals surface area (Å²) in [5.74, 6) is -1.50. The molecule has 7 nitrogen and oxygen atoms in total. The number of carbonyl (C=O) groups is 2. The third-order valence-corrected chi connectivity index (χ3v) is 5.15. The van der Waals surface area contributed by atoms with Crippen molar-refractivity contribution >= 4 is 22.0 Å². The maximum absolute atomic E-state index is 12.7. The molecule has 2 aromatic carbocycles. The standard InChI is InChI=1S/C21H25NO6S/c1-14-10-11-15(2)18(12-14)29(25,26)28-17-9-7-6-8-16(17)20(24)27-13-19(23)22-21(3,4)5/h6-12H,13H2,1-5H3,(H,22,23). The number of esters is 1. The number of hydrogen-bond acceptors (Lipinski definition) is 6. The van der Waals surface area contributed by atoms with Crippen molar-refractivity contribution in [3.8, 4) is 5.75 Å². The molecule has 0 bridgehead atoms. The molecule has 0 aromatic heterocycles. The minimum Gasteiger partial charge on any atom is -0.452 e. The normalized spacial score (nSPS) is 11.6. The van der Waals surface area contributed by atoms with Gasteiger partial charge in [-0.2, -0.15) is 8.42 Å². The second-order valence-corrected chi connectivity index (χ2v) is 9.19. The van der Waals surface area contributed by atoms with E-state index < -0.39 is 34.1 Å². The average molecular weight is 419 g/mol. The van der Waals surface area contributed by atoms with E-state index in [0.29, 0.717) is 5.56 Å². The van der Waals surface area contributed by atoms with Crippen molar-refractivity contribution in [1.29, 1.82) is 0 Å². The summed E-state index contributed by atoms with van der Waals surface area (Å²) in [5, 5.41) is 2.67. The summed E-state index contributed by atoms with van der Waals surface area (Å²) in [7, 11) is -4.16. The second kappa shape index (κ2) is 8.65. The topological polar surface area (TPSA) is 98.8 Å². The van der Waals surface area contributed by atoms with Crippen molar-refractivity contribution in [2.24, 2.45) is 0 Å². The minimum atomic E-state index is -4.16. The number of aryl methyl sites for hydroxylation is 2. The van der Waals surface area contributed by atoms with Crippen LogP contribution in [0.3, 0.4) is 0 Å². The number of benzene rings is 2. The predicted molar refractivity (Wildman–Crippen MR) is 108 cm³/mol. The van der Waals surface area contributed by atoms with Crippen molar-refractivity contribution in [3.63, 3.8) is 0 Å². The van der Waals surface area contributed by atoms with E-state index in [1.54, 1.807) is 52.8 Å². The lowest BCUT2D eigenvalue weighted by atomic mass is 10.1. The van der Waals surface area contributed by atoms with E-state index in [1.807, 2.05) is 0 Å². The van der Waals surface area contributed by atoms with Crippen LogP contribution >= 0.6 is 0 Å². The molecule has 0 aliphatic carbocycles. The fourth-order valence-corrected chi connectivity index (χ4v) is 3.77. The Morgan fingerprint density at radius 1 is 1.03 bits per heavy atom. The van der Waals surface area contributed by atoms with Crippen LogP contribution < -0.4 is 9.50 Å². The van der Waals surface area contributed by atoms with Crippen LogP contribution in [0.2, 0.25) is 0 Å². The molecule has 0 saturated carbocycles. The maximum atomic E-state index is 12.7. The maximum Gasteiger partial charge on any atom is 0.342 e. The van der Waals surface area contributed by atoms with Crippen molar-refractivity contribution in [1.82, 2.24) is 5.32 Å². The van der Waals surface area contributed by atoms with Gasteiger partial charge < -0.3 is 14.2 Å². The zero-order valence-electron chi connectivity index (χ0n) is 17.1. The number of hydrogen-bond donors (Lipinski definition) is 1. The summed E-state index contributed by atoms with van der Waals surface area (Å²) >= 11 is 0. The third-order valence-electron chi connectivity index (χ3n) is 3.77. The molecular formula is C21H25NO6S. The Morgan fingerprint density at radius 3 is 2.34 bits per heavy atom. The van der Waals surface area contributed by atoms with Gasteiger partial charge in [-0.3, -0.25) is 4.79 Å². The van der Waals surface area contributed by atoms with Crippen LogP contribution in [0.15, 0.2) is 47.4 Å². The van der Waals surface area contributed by atoms with Gasteiger partial charge >= 0.3 is 16.1 Å². The summed E-state index contributed by atoms with van der Waals surface area (Å²) in [6, 6.07) is 10.8. The van der Waals surface area contributed by atoms with Crippen LogP contribution in [-0.4, -0.2) is 32.4 Å². The highest BCUT2D eigenvalue weighted by molar-refractivity contribution is 7.87. The molecule has 2 aromatic rings. The van der Waals surface area contributed by atoms with Gasteiger partial charge in [0.15, 0.2) is 12.4 Å². The van der Waals surface area contributed by atoms with Crippen LogP contribution in [0.1, 0.15) is 42.3 Å². The molecule has 0 atom stereocenters. The van der Waals surface area contributed by atoms with Gasteiger partial charge in [-0.25, -0.2) is 4.79 Å². The largest absolute Gasteiger partial charge is 0.452 e. The van der Waals surface area contributed by atoms with E-state index in [9.17, 15) is 18.0 Å². The van der Waals surface area contributed by atoms with Crippen LogP contribution in [-0.2, 0) is 19.6 Å². The van der Waals surface area contributed by atoms with Gasteiger partial charge in [0, 0.05) is 5.54 Å². The van der Waals surface area contributed by atoms with Gasteiger partial charge in [0.2, 0.25) is 0 Å². The van der Waals surface area contributed by atoms with Crippen LogP contribution in [0.5, 0.6) is 5.75 Å². The fraction of sp³-hybridized carbons (Fsp3) is 0.333. The number of nitrogens with one attached hydrogen (secondary N) is 1. The molecule has 0 aliphatic heterocycles. The first-order valence-corrected chi connectivity index (χ1v) is 10.4. The molecular weight excluding hydrogens is 394 g/mol. The highest BCUT2D eigenvalue weighted by Gasteiger charge is 2.24. The molecule has 0 heterocycles. The molecule has 0 radical (unpaired) electrons. The van der Waals surface area contributed by atoms with Gasteiger partial charge in [-0.15, -0.1) is 0 Å². The van der Waals surface area contributed by atoms with Gasteiger partial charge in [0.1, 0.15) is 10.5 Å². The Labute approximate surface area is 171 Å². The van der Waals surface area contributed by atoms with Gasteiger partial charge in [-0.05, 0) is 63.9 Å². The number of ether oxygens (including phenoxy) is 1. The second-order valence-electron chi connectivity index (χ2n) is 7.68. The molecule has 0 spiro atoms. The van der Waals surface area contributed by atoms with Gasteiger partial charge in [0.25, 0.3) is 5.91 Å². The quantitative estimate of drug-likeness (QED) is 0.570. The third kappa shape index (κ3) is 6.32. The molecule has 8 heteroatoms. The van der Waals surface area contributed by atoms with Crippen molar-refractivity contribution in [2.45, 2.75) is 45.1 Å². The number of amides is 1. The highest BCUT2D eigenvalue weighted by atomic mass is 32.2. The first kappa shape index (κ1) is 22.4. The first-order valence-electron chi connectivity index (χ1n) is 8.98. The molecule has 2 rings (SSSR count). The van der Waals surface area contributed by atoms with Crippen LogP contribution in [0.4, 0.5) is 0 Å². The first-order chi connectivity index (χ1) is 13.4. The monoisotopic (exact) mass is 419 g/mol. The van der Waals surface area contributed by atoms with Crippen LogP contribution in [0.25, 0.3) is 0 Å². The van der Waals surface area contributed by atoms with Crippen LogP contribution in [0, 0.1) is 13.8 Å². The average Bonchev–Trinajstić information content (AvgIpc) is 2.60. The molecule has 0 fully saturated rings. The summed E-state index contributed by atoms with van der Waals surface area (Å²) in [4.78, 5) is 24.3. The van der Waals surface area contributed by atoms with Crippen molar-refractivity contribution < 1.29 is 26.9 Å². The lowest BCUT2D eigenvalue weighted by molar-refractivity contribution is -0.125. The lowest BCUT2D eigenvalue weighted by Crippen LogP contribution is -2.42. The molecule has 0 saturated heterocycles. The Morgan fingerprint density at radius 2 is 1.69 bits per heavy atom. The Bertz CT molecular complexity index is 1020. The van der Waals surface area contributed by atoms with E-state index >= 15 is 0 Å². The van der Waals surface area contributed by atoms with Crippen molar-refractivity contribution in [3.05, 3.63) is 59.2 Å². The van der Waals surface area contributed by atoms with E-state index in [4.69, 9.17) is 8.92 Å². The van der Waals surface area contributed by atoms with E-state index in [2.05, 4.69) is 5.32 Å². The predicted octanol–water partition coefficient (Wildman–Crippen LogP) is 3.14. The SMILES string of the molecule is Cc1ccc(C)c(S(=O)(=O)Oc2ccccc2C(=O)OCC(=O)NC(C)(C)C)c1. The number of para-hydroxylation sites is 1. The van der Waals surface area contributed by atoms with E-state index in [-0.39, 0.29) is 16.2 Å². The number of rotatable bonds is 6. The summed E-state index contributed by atoms with van der Waals surface area (Å²) < 4.78 is 35.7. The lowest BCUT2D eigenvalue weighted by Gasteiger charge is -2.20. The van der Waals surface area contributed by atoms with E-state index in [0.717, 1.165) is 5.56 Å². The Kier molecular flexibility index (Phi) is 6.69. The molecule has 29 heavy (non-hydrogen) atoms. The van der Waals surface area contributed by atoms with Gasteiger partial charge in [-0.1, -0.05) is 24.3 Å².